The molecule has 2 nitrogen and oxygen atoms in total. The fourth-order valence-electron chi connectivity index (χ4n) is 1.36. The maximum absolute atomic E-state index is 10.9. The molecule has 0 radical (unpaired) electrons. The molecule has 0 atom stereocenters. The Morgan fingerprint density at radius 2 is 2.00 bits per heavy atom. The van der Waals surface area contributed by atoms with Crippen molar-refractivity contribution >= 4 is 12.0 Å². The first-order valence-electron chi connectivity index (χ1n) is 5.23. The van der Waals surface area contributed by atoms with Crippen molar-refractivity contribution in [2.24, 2.45) is 0 Å². The predicted octanol–water partition coefficient (Wildman–Crippen LogP) is 3.34. The molecule has 0 aliphatic rings. The van der Waals surface area contributed by atoms with Gasteiger partial charge in [-0.2, -0.15) is 0 Å². The normalized spacial score (nSPS) is 11.4. The third kappa shape index (κ3) is 3.98. The Morgan fingerprint density at radius 3 is 2.53 bits per heavy atom. The van der Waals surface area contributed by atoms with Crippen molar-refractivity contribution < 1.29 is 9.90 Å². The molecule has 0 saturated carbocycles. The van der Waals surface area contributed by atoms with Crippen LogP contribution >= 0.6 is 0 Å². The van der Waals surface area contributed by atoms with E-state index in [4.69, 9.17) is 5.11 Å². The van der Waals surface area contributed by atoms with Crippen molar-refractivity contribution in [2.75, 3.05) is 0 Å². The molecule has 0 aliphatic carbocycles. The summed E-state index contributed by atoms with van der Waals surface area (Å²) in [5, 5.41) is 8.99. The van der Waals surface area contributed by atoms with Gasteiger partial charge < -0.3 is 5.11 Å². The highest BCUT2D eigenvalue weighted by molar-refractivity contribution is 5.92. The number of aliphatic carboxylic acids is 1. The Balaban J connectivity index is 2.79. The standard InChI is InChI=1S/C13H16O2/c1-2-3-9-12(13(14)15)10-11-7-5-4-6-8-11/h4-8,10H,2-3,9H2,1H3,(H,14,15)/b12-10-. The van der Waals surface area contributed by atoms with E-state index >= 15 is 0 Å². The number of unbranched alkanes of at least 4 members (excludes halogenated alkanes) is 1. The van der Waals surface area contributed by atoms with Crippen molar-refractivity contribution in [1.82, 2.24) is 0 Å². The molecule has 0 aromatic heterocycles. The maximum Gasteiger partial charge on any atom is 0.331 e. The number of carboxylic acid groups (broad SMARTS) is 1. The predicted molar refractivity (Wildman–Crippen MR) is 61.6 cm³/mol. The van der Waals surface area contributed by atoms with E-state index < -0.39 is 5.97 Å². The molecule has 1 aromatic rings. The lowest BCUT2D eigenvalue weighted by Crippen LogP contribution is -2.00. The summed E-state index contributed by atoms with van der Waals surface area (Å²) in [6, 6.07) is 9.56. The highest BCUT2D eigenvalue weighted by Gasteiger charge is 2.05. The van der Waals surface area contributed by atoms with Crippen molar-refractivity contribution in [3.8, 4) is 0 Å². The molecule has 1 aromatic carbocycles. The van der Waals surface area contributed by atoms with Crippen LogP contribution in [0.15, 0.2) is 35.9 Å². The smallest absolute Gasteiger partial charge is 0.331 e. The summed E-state index contributed by atoms with van der Waals surface area (Å²) >= 11 is 0. The Bertz CT molecular complexity index is 339. The lowest BCUT2D eigenvalue weighted by Gasteiger charge is -2.01. The first-order valence-corrected chi connectivity index (χ1v) is 5.23. The van der Waals surface area contributed by atoms with Crippen LogP contribution in [0.4, 0.5) is 0 Å². The maximum atomic E-state index is 10.9. The summed E-state index contributed by atoms with van der Waals surface area (Å²) in [6.45, 7) is 2.06. The zero-order valence-corrected chi connectivity index (χ0v) is 8.94. The zero-order chi connectivity index (χ0) is 11.1. The minimum Gasteiger partial charge on any atom is -0.478 e. The summed E-state index contributed by atoms with van der Waals surface area (Å²) in [7, 11) is 0. The van der Waals surface area contributed by atoms with E-state index in [1.165, 1.54) is 0 Å². The third-order valence-corrected chi connectivity index (χ3v) is 2.21. The van der Waals surface area contributed by atoms with Gasteiger partial charge in [-0.25, -0.2) is 4.79 Å². The van der Waals surface area contributed by atoms with Gasteiger partial charge in [0, 0.05) is 5.57 Å². The number of carboxylic acids is 1. The SMILES string of the molecule is CCCC/C(=C/c1ccccc1)C(=O)O. The Hall–Kier alpha value is -1.57. The lowest BCUT2D eigenvalue weighted by molar-refractivity contribution is -0.132. The fourth-order valence-corrected chi connectivity index (χ4v) is 1.36. The lowest BCUT2D eigenvalue weighted by atomic mass is 10.1. The minimum atomic E-state index is -0.813. The summed E-state index contributed by atoms with van der Waals surface area (Å²) in [4.78, 5) is 10.9. The number of hydrogen-bond acceptors (Lipinski definition) is 1. The first kappa shape index (κ1) is 11.5. The van der Waals surface area contributed by atoms with Gasteiger partial charge >= 0.3 is 5.97 Å². The molecule has 2 heteroatoms. The molecular weight excluding hydrogens is 188 g/mol. The highest BCUT2D eigenvalue weighted by Crippen LogP contribution is 2.12. The first-order chi connectivity index (χ1) is 7.24. The molecular formula is C13H16O2. The summed E-state index contributed by atoms with van der Waals surface area (Å²) in [5.41, 5.74) is 1.44. The largest absolute Gasteiger partial charge is 0.478 e. The van der Waals surface area contributed by atoms with Gasteiger partial charge in [0.1, 0.15) is 0 Å². The Labute approximate surface area is 90.3 Å². The van der Waals surface area contributed by atoms with Gasteiger partial charge in [0.2, 0.25) is 0 Å². The molecule has 0 aliphatic heterocycles. The average Bonchev–Trinajstić information content (AvgIpc) is 2.25. The molecule has 0 saturated heterocycles. The summed E-state index contributed by atoms with van der Waals surface area (Å²) in [5.74, 6) is -0.813. The van der Waals surface area contributed by atoms with Crippen molar-refractivity contribution in [1.29, 1.82) is 0 Å². The van der Waals surface area contributed by atoms with Crippen molar-refractivity contribution in [3.05, 3.63) is 41.5 Å². The fraction of sp³-hybridized carbons (Fsp3) is 0.308. The van der Waals surface area contributed by atoms with Crippen LogP contribution in [0.25, 0.3) is 6.08 Å². The quantitative estimate of drug-likeness (QED) is 0.747. The van der Waals surface area contributed by atoms with Crippen molar-refractivity contribution in [2.45, 2.75) is 26.2 Å². The highest BCUT2D eigenvalue weighted by atomic mass is 16.4. The molecule has 15 heavy (non-hydrogen) atoms. The molecule has 0 fully saturated rings. The van der Waals surface area contributed by atoms with E-state index in [2.05, 4.69) is 6.92 Å². The van der Waals surface area contributed by atoms with Gasteiger partial charge in [-0.05, 0) is 24.5 Å². The van der Waals surface area contributed by atoms with Crippen LogP contribution in [-0.2, 0) is 4.79 Å². The van der Waals surface area contributed by atoms with Gasteiger partial charge in [-0.15, -0.1) is 0 Å². The minimum absolute atomic E-state index is 0.489. The van der Waals surface area contributed by atoms with E-state index in [1.807, 2.05) is 30.3 Å². The van der Waals surface area contributed by atoms with Crippen LogP contribution in [0.1, 0.15) is 31.7 Å². The van der Waals surface area contributed by atoms with Crippen molar-refractivity contribution in [3.63, 3.8) is 0 Å². The van der Waals surface area contributed by atoms with Crippen LogP contribution in [0.2, 0.25) is 0 Å². The summed E-state index contributed by atoms with van der Waals surface area (Å²) < 4.78 is 0. The van der Waals surface area contributed by atoms with Gasteiger partial charge in [0.05, 0.1) is 0 Å². The van der Waals surface area contributed by atoms with Crippen LogP contribution in [0, 0.1) is 0 Å². The molecule has 0 heterocycles. The Morgan fingerprint density at radius 1 is 1.33 bits per heavy atom. The van der Waals surface area contributed by atoms with Crippen LogP contribution < -0.4 is 0 Å². The van der Waals surface area contributed by atoms with Gasteiger partial charge in [0.25, 0.3) is 0 Å². The third-order valence-electron chi connectivity index (χ3n) is 2.21. The molecule has 1 rings (SSSR count). The van der Waals surface area contributed by atoms with Crippen LogP contribution in [0.3, 0.4) is 0 Å². The van der Waals surface area contributed by atoms with E-state index in [-0.39, 0.29) is 0 Å². The second kappa shape index (κ2) is 6.02. The number of rotatable bonds is 5. The monoisotopic (exact) mass is 204 g/mol. The van der Waals surface area contributed by atoms with Crippen LogP contribution in [-0.4, -0.2) is 11.1 Å². The number of carbonyl (C=O) groups is 1. The number of hydrogen-bond donors (Lipinski definition) is 1. The summed E-state index contributed by atoms with van der Waals surface area (Å²) in [6.07, 6.45) is 4.32. The number of benzene rings is 1. The van der Waals surface area contributed by atoms with E-state index in [9.17, 15) is 4.79 Å². The molecule has 0 unspecified atom stereocenters. The van der Waals surface area contributed by atoms with Crippen LogP contribution in [0.5, 0.6) is 0 Å². The molecule has 1 N–H and O–H groups in total. The molecule has 0 amide bonds. The van der Waals surface area contributed by atoms with E-state index in [1.54, 1.807) is 6.08 Å². The molecule has 0 bridgehead atoms. The van der Waals surface area contributed by atoms with Gasteiger partial charge in [-0.1, -0.05) is 43.7 Å². The second-order valence-electron chi connectivity index (χ2n) is 3.49. The van der Waals surface area contributed by atoms with E-state index in [0.29, 0.717) is 12.0 Å². The van der Waals surface area contributed by atoms with E-state index in [0.717, 1.165) is 18.4 Å². The molecule has 80 valence electrons. The second-order valence-corrected chi connectivity index (χ2v) is 3.49. The van der Waals surface area contributed by atoms with Gasteiger partial charge in [-0.3, -0.25) is 0 Å². The Kier molecular flexibility index (Phi) is 4.61. The molecule has 0 spiro atoms. The van der Waals surface area contributed by atoms with Gasteiger partial charge in [0.15, 0.2) is 0 Å². The average molecular weight is 204 g/mol. The topological polar surface area (TPSA) is 37.3 Å². The zero-order valence-electron chi connectivity index (χ0n) is 8.94.